The summed E-state index contributed by atoms with van der Waals surface area (Å²) in [6.07, 6.45) is 8.38. The fourth-order valence-electron chi connectivity index (χ4n) is 5.56. The molecule has 33 heavy (non-hydrogen) atoms. The highest BCUT2D eigenvalue weighted by Crippen LogP contribution is 2.43. The Labute approximate surface area is 195 Å². The number of benzene rings is 2. The topological polar surface area (TPSA) is 47.0 Å². The SMILES string of the molecule is C=CC1CN2CCC1C[C@H]2[C@@H](N=Cc1ccccc1OC)c1ccnc2ccc(OC)cc12. The highest BCUT2D eigenvalue weighted by atomic mass is 16.5. The maximum atomic E-state index is 5.57. The van der Waals surface area contributed by atoms with Crippen molar-refractivity contribution in [1.29, 1.82) is 0 Å². The molecular weight excluding hydrogens is 410 g/mol. The highest BCUT2D eigenvalue weighted by Gasteiger charge is 2.42. The first-order valence-electron chi connectivity index (χ1n) is 11.7. The van der Waals surface area contributed by atoms with Crippen LogP contribution in [0.3, 0.4) is 0 Å². The summed E-state index contributed by atoms with van der Waals surface area (Å²) in [5.41, 5.74) is 3.14. The second-order valence-electron chi connectivity index (χ2n) is 8.99. The van der Waals surface area contributed by atoms with E-state index in [4.69, 9.17) is 14.5 Å². The third-order valence-electron chi connectivity index (χ3n) is 7.33. The molecule has 5 atom stereocenters. The zero-order valence-corrected chi connectivity index (χ0v) is 19.4. The molecule has 4 heterocycles. The first kappa shape index (κ1) is 21.7. The van der Waals surface area contributed by atoms with Crippen molar-refractivity contribution in [2.45, 2.75) is 24.9 Å². The number of nitrogens with zero attached hydrogens (tertiary/aromatic N) is 3. The quantitative estimate of drug-likeness (QED) is 0.368. The molecule has 5 heteroatoms. The number of para-hydroxylation sites is 1. The third-order valence-corrected chi connectivity index (χ3v) is 7.33. The zero-order chi connectivity index (χ0) is 22.8. The van der Waals surface area contributed by atoms with Crippen molar-refractivity contribution < 1.29 is 9.47 Å². The van der Waals surface area contributed by atoms with Gasteiger partial charge in [0.25, 0.3) is 0 Å². The number of piperidine rings is 3. The van der Waals surface area contributed by atoms with Crippen LogP contribution < -0.4 is 9.47 Å². The summed E-state index contributed by atoms with van der Waals surface area (Å²) in [5.74, 6) is 2.91. The van der Waals surface area contributed by atoms with Crippen LogP contribution in [-0.4, -0.2) is 49.4 Å². The average Bonchev–Trinajstić information content (AvgIpc) is 2.89. The summed E-state index contributed by atoms with van der Waals surface area (Å²) >= 11 is 0. The van der Waals surface area contributed by atoms with Crippen LogP contribution in [0.25, 0.3) is 10.9 Å². The van der Waals surface area contributed by atoms with E-state index in [1.54, 1.807) is 14.2 Å². The summed E-state index contributed by atoms with van der Waals surface area (Å²) in [7, 11) is 3.41. The zero-order valence-electron chi connectivity index (χ0n) is 19.4. The Morgan fingerprint density at radius 3 is 2.79 bits per heavy atom. The van der Waals surface area contributed by atoms with Gasteiger partial charge in [-0.05, 0) is 73.2 Å². The summed E-state index contributed by atoms with van der Waals surface area (Å²) in [6, 6.07) is 16.6. The molecule has 0 radical (unpaired) electrons. The molecular formula is C28H31N3O2. The second-order valence-corrected chi connectivity index (χ2v) is 8.99. The van der Waals surface area contributed by atoms with E-state index in [0.29, 0.717) is 17.9 Å². The van der Waals surface area contributed by atoms with E-state index < -0.39 is 0 Å². The Kier molecular flexibility index (Phi) is 6.14. The first-order valence-corrected chi connectivity index (χ1v) is 11.7. The lowest BCUT2D eigenvalue weighted by atomic mass is 9.73. The van der Waals surface area contributed by atoms with Crippen molar-refractivity contribution in [3.63, 3.8) is 0 Å². The van der Waals surface area contributed by atoms with Gasteiger partial charge in [0.05, 0.1) is 25.8 Å². The fourth-order valence-corrected chi connectivity index (χ4v) is 5.56. The van der Waals surface area contributed by atoms with E-state index in [2.05, 4.69) is 34.7 Å². The van der Waals surface area contributed by atoms with Crippen LogP contribution in [0.15, 0.2) is 72.4 Å². The van der Waals surface area contributed by atoms with Gasteiger partial charge in [0.15, 0.2) is 0 Å². The molecule has 3 aliphatic rings. The Bertz CT molecular complexity index is 1170. The van der Waals surface area contributed by atoms with Gasteiger partial charge in [-0.3, -0.25) is 14.9 Å². The normalized spacial score (nSPS) is 25.3. The maximum absolute atomic E-state index is 5.57. The average molecular weight is 442 g/mol. The van der Waals surface area contributed by atoms with Crippen molar-refractivity contribution in [1.82, 2.24) is 9.88 Å². The molecule has 3 fully saturated rings. The van der Waals surface area contributed by atoms with Gasteiger partial charge in [-0.25, -0.2) is 0 Å². The fraction of sp³-hybridized carbons (Fsp3) is 0.357. The van der Waals surface area contributed by atoms with Crippen molar-refractivity contribution in [2.24, 2.45) is 16.8 Å². The molecule has 0 spiro atoms. The van der Waals surface area contributed by atoms with Crippen molar-refractivity contribution in [2.75, 3.05) is 27.3 Å². The van der Waals surface area contributed by atoms with Gasteiger partial charge >= 0.3 is 0 Å². The molecule has 0 saturated carbocycles. The number of rotatable bonds is 7. The van der Waals surface area contributed by atoms with Crippen LogP contribution >= 0.6 is 0 Å². The molecule has 2 bridgehead atoms. The van der Waals surface area contributed by atoms with Gasteiger partial charge in [0, 0.05) is 35.9 Å². The lowest BCUT2D eigenvalue weighted by Crippen LogP contribution is -2.54. The van der Waals surface area contributed by atoms with Gasteiger partial charge in [-0.15, -0.1) is 6.58 Å². The van der Waals surface area contributed by atoms with Gasteiger partial charge in [0.1, 0.15) is 11.5 Å². The molecule has 3 unspecified atom stereocenters. The van der Waals surface area contributed by atoms with E-state index in [-0.39, 0.29) is 6.04 Å². The number of hydrogen-bond acceptors (Lipinski definition) is 5. The summed E-state index contributed by atoms with van der Waals surface area (Å²) in [4.78, 5) is 12.5. The van der Waals surface area contributed by atoms with Crippen LogP contribution in [-0.2, 0) is 0 Å². The Morgan fingerprint density at radius 1 is 1.15 bits per heavy atom. The molecule has 0 N–H and O–H groups in total. The number of pyridine rings is 1. The van der Waals surface area contributed by atoms with Gasteiger partial charge in [-0.2, -0.15) is 0 Å². The smallest absolute Gasteiger partial charge is 0.127 e. The van der Waals surface area contributed by atoms with Crippen LogP contribution in [0, 0.1) is 11.8 Å². The summed E-state index contributed by atoms with van der Waals surface area (Å²) in [5, 5.41) is 1.10. The number of fused-ring (bicyclic) bond motifs is 4. The first-order chi connectivity index (χ1) is 16.2. The second kappa shape index (κ2) is 9.36. The molecule has 3 aliphatic heterocycles. The summed E-state index contributed by atoms with van der Waals surface area (Å²) < 4.78 is 11.1. The lowest BCUT2D eigenvalue weighted by Gasteiger charge is -2.51. The highest BCUT2D eigenvalue weighted by molar-refractivity contribution is 5.86. The van der Waals surface area contributed by atoms with Crippen LogP contribution in [0.5, 0.6) is 11.5 Å². The van der Waals surface area contributed by atoms with Gasteiger partial charge in [-0.1, -0.05) is 18.2 Å². The minimum Gasteiger partial charge on any atom is -0.497 e. The molecule has 0 aliphatic carbocycles. The third kappa shape index (κ3) is 4.13. The minimum absolute atomic E-state index is 0.0129. The molecule has 0 amide bonds. The number of methoxy groups -OCH3 is 2. The Balaban J connectivity index is 1.60. The molecule has 6 rings (SSSR count). The molecule has 1 aromatic heterocycles. The van der Waals surface area contributed by atoms with Crippen LogP contribution in [0.4, 0.5) is 0 Å². The monoisotopic (exact) mass is 441 g/mol. The van der Waals surface area contributed by atoms with E-state index in [1.165, 1.54) is 12.0 Å². The number of aliphatic imine (C=N–C) groups is 1. The van der Waals surface area contributed by atoms with Gasteiger partial charge in [0.2, 0.25) is 0 Å². The summed E-state index contributed by atoms with van der Waals surface area (Å²) in [6.45, 7) is 6.27. The van der Waals surface area contributed by atoms with Crippen LogP contribution in [0.1, 0.15) is 30.0 Å². The number of hydrogen-bond donors (Lipinski definition) is 0. The van der Waals surface area contributed by atoms with Crippen molar-refractivity contribution >= 4 is 17.1 Å². The van der Waals surface area contributed by atoms with Gasteiger partial charge < -0.3 is 9.47 Å². The van der Waals surface area contributed by atoms with E-state index in [1.807, 2.05) is 48.8 Å². The standard InChI is InChI=1S/C28H31N3O2/c1-4-19-18-31-14-12-20(19)15-26(31)28(30-17-21-7-5-6-8-27(21)33-3)23-11-13-29-25-10-9-22(32-2)16-24(23)25/h4-11,13,16-17,19-20,26,28H,1,12,14-15,18H2,2-3H3/t19?,20?,26-,28-/m0/s1. The predicted molar refractivity (Wildman–Crippen MR) is 133 cm³/mol. The number of aromatic nitrogens is 1. The van der Waals surface area contributed by atoms with Crippen molar-refractivity contribution in [3.8, 4) is 11.5 Å². The largest absolute Gasteiger partial charge is 0.497 e. The molecule has 2 aromatic carbocycles. The maximum Gasteiger partial charge on any atom is 0.127 e. The van der Waals surface area contributed by atoms with Crippen LogP contribution in [0.2, 0.25) is 0 Å². The van der Waals surface area contributed by atoms with E-state index in [9.17, 15) is 0 Å². The molecule has 170 valence electrons. The van der Waals surface area contributed by atoms with E-state index in [0.717, 1.165) is 47.5 Å². The van der Waals surface area contributed by atoms with E-state index >= 15 is 0 Å². The predicted octanol–water partition coefficient (Wildman–Crippen LogP) is 5.31. The molecule has 5 nitrogen and oxygen atoms in total. The number of ether oxygens (including phenoxy) is 2. The lowest BCUT2D eigenvalue weighted by molar-refractivity contribution is 0.00796. The minimum atomic E-state index is -0.0129. The Hall–Kier alpha value is -3.18. The molecule has 3 aromatic rings. The Morgan fingerprint density at radius 2 is 2.03 bits per heavy atom. The molecule has 3 saturated heterocycles. The van der Waals surface area contributed by atoms with Crippen molar-refractivity contribution in [3.05, 3.63) is 78.5 Å².